The van der Waals surface area contributed by atoms with Crippen molar-refractivity contribution in [1.29, 1.82) is 0 Å². The van der Waals surface area contributed by atoms with Crippen LogP contribution in [0.5, 0.6) is 0 Å². The Kier molecular flexibility index (Phi) is 7.36. The molecule has 1 heteroatoms. The average Bonchev–Trinajstić information content (AvgIpc) is 3.10. The van der Waals surface area contributed by atoms with Crippen molar-refractivity contribution in [3.8, 4) is 44.5 Å². The molecule has 0 aliphatic rings. The van der Waals surface area contributed by atoms with E-state index >= 15 is 0 Å². The van der Waals surface area contributed by atoms with Gasteiger partial charge in [-0.3, -0.25) is 0 Å². The fourth-order valence-corrected chi connectivity index (χ4v) is 5.90. The number of hydrogen-bond acceptors (Lipinski definition) is 1. The highest BCUT2D eigenvalue weighted by molar-refractivity contribution is 5.97. The van der Waals surface area contributed by atoms with E-state index in [1.807, 2.05) is 0 Å². The van der Waals surface area contributed by atoms with Gasteiger partial charge >= 0.3 is 0 Å². The minimum Gasteiger partial charge on any atom is -0.310 e. The van der Waals surface area contributed by atoms with Crippen LogP contribution < -0.4 is 4.90 Å². The molecular formula is C42H31N. The summed E-state index contributed by atoms with van der Waals surface area (Å²) in [7, 11) is 0. The first kappa shape index (κ1) is 26.3. The van der Waals surface area contributed by atoms with E-state index in [1.165, 1.54) is 44.5 Å². The van der Waals surface area contributed by atoms with Crippen LogP contribution in [0.15, 0.2) is 188 Å². The Morgan fingerprint density at radius 2 is 0.674 bits per heavy atom. The Balaban J connectivity index is 1.42. The first-order valence-electron chi connectivity index (χ1n) is 14.7. The Morgan fingerprint density at radius 3 is 1.33 bits per heavy atom. The minimum absolute atomic E-state index is 1.11. The van der Waals surface area contributed by atoms with Crippen molar-refractivity contribution in [1.82, 2.24) is 0 Å². The summed E-state index contributed by atoms with van der Waals surface area (Å²) in [4.78, 5) is 2.38. The van der Waals surface area contributed by atoms with Crippen LogP contribution >= 0.6 is 0 Å². The van der Waals surface area contributed by atoms with Crippen LogP contribution in [0.2, 0.25) is 0 Å². The predicted octanol–water partition coefficient (Wildman–Crippen LogP) is 11.8. The van der Waals surface area contributed by atoms with Gasteiger partial charge in [0.1, 0.15) is 0 Å². The zero-order valence-electron chi connectivity index (χ0n) is 23.8. The van der Waals surface area contributed by atoms with Gasteiger partial charge in [-0.15, -0.1) is 0 Å². The molecule has 0 unspecified atom stereocenters. The van der Waals surface area contributed by atoms with Crippen molar-refractivity contribution >= 4 is 17.1 Å². The van der Waals surface area contributed by atoms with E-state index < -0.39 is 0 Å². The lowest BCUT2D eigenvalue weighted by atomic mass is 9.88. The van der Waals surface area contributed by atoms with Gasteiger partial charge in [-0.2, -0.15) is 0 Å². The van der Waals surface area contributed by atoms with E-state index in [4.69, 9.17) is 0 Å². The molecule has 43 heavy (non-hydrogen) atoms. The molecule has 0 atom stereocenters. The quantitative estimate of drug-likeness (QED) is 0.191. The molecule has 0 N–H and O–H groups in total. The van der Waals surface area contributed by atoms with E-state index in [2.05, 4.69) is 193 Å². The normalized spacial score (nSPS) is 10.8. The SMILES string of the molecule is c1ccc(-c2cccc(N(c3ccccc3)c3ccccc3-c3ccccc3-c3ccccc3-c3ccccc3)c2)cc1. The van der Waals surface area contributed by atoms with Crippen molar-refractivity contribution in [2.45, 2.75) is 0 Å². The van der Waals surface area contributed by atoms with Crippen LogP contribution in [0, 0.1) is 0 Å². The number of benzene rings is 7. The summed E-state index contributed by atoms with van der Waals surface area (Å²) < 4.78 is 0. The van der Waals surface area contributed by atoms with E-state index in [0.29, 0.717) is 0 Å². The van der Waals surface area contributed by atoms with Gasteiger partial charge in [0.05, 0.1) is 5.69 Å². The molecule has 0 amide bonds. The second-order valence-electron chi connectivity index (χ2n) is 10.6. The molecule has 0 aliphatic heterocycles. The zero-order chi connectivity index (χ0) is 28.8. The molecule has 0 bridgehead atoms. The summed E-state index contributed by atoms with van der Waals surface area (Å²) in [6.07, 6.45) is 0. The van der Waals surface area contributed by atoms with Crippen molar-refractivity contribution in [2.75, 3.05) is 4.90 Å². The topological polar surface area (TPSA) is 3.24 Å². The van der Waals surface area contributed by atoms with Gasteiger partial charge in [-0.1, -0.05) is 158 Å². The second-order valence-corrected chi connectivity index (χ2v) is 10.6. The molecule has 0 fully saturated rings. The Hall–Kier alpha value is -5.66. The lowest BCUT2D eigenvalue weighted by Gasteiger charge is -2.29. The molecule has 0 radical (unpaired) electrons. The number of hydrogen-bond donors (Lipinski definition) is 0. The number of rotatable bonds is 7. The van der Waals surface area contributed by atoms with E-state index in [9.17, 15) is 0 Å². The summed E-state index contributed by atoms with van der Waals surface area (Å²) in [6.45, 7) is 0. The molecule has 7 rings (SSSR count). The number of anilines is 3. The first-order chi connectivity index (χ1) is 21.4. The van der Waals surface area contributed by atoms with Gasteiger partial charge in [0, 0.05) is 16.9 Å². The highest BCUT2D eigenvalue weighted by atomic mass is 15.1. The minimum atomic E-state index is 1.11. The first-order valence-corrected chi connectivity index (χ1v) is 14.7. The second kappa shape index (κ2) is 12.1. The maximum Gasteiger partial charge on any atom is 0.0540 e. The molecule has 7 aromatic carbocycles. The van der Waals surface area contributed by atoms with E-state index in [-0.39, 0.29) is 0 Å². The van der Waals surface area contributed by atoms with E-state index in [0.717, 1.165) is 17.1 Å². The Labute approximate surface area is 254 Å². The van der Waals surface area contributed by atoms with Crippen LogP contribution in [0.25, 0.3) is 44.5 Å². The summed E-state index contributed by atoms with van der Waals surface area (Å²) in [6, 6.07) is 67.0. The maximum atomic E-state index is 2.38. The average molecular weight is 550 g/mol. The lowest BCUT2D eigenvalue weighted by Crippen LogP contribution is -2.11. The fourth-order valence-electron chi connectivity index (χ4n) is 5.90. The van der Waals surface area contributed by atoms with Crippen LogP contribution in [-0.2, 0) is 0 Å². The number of para-hydroxylation sites is 2. The van der Waals surface area contributed by atoms with Crippen molar-refractivity contribution in [3.63, 3.8) is 0 Å². The van der Waals surface area contributed by atoms with Crippen LogP contribution in [0.1, 0.15) is 0 Å². The smallest absolute Gasteiger partial charge is 0.0540 e. The highest BCUT2D eigenvalue weighted by Crippen LogP contribution is 2.45. The molecule has 0 aromatic heterocycles. The standard InChI is InChI=1S/C42H31N/c1-4-17-32(18-5-1)34-21-16-24-36(31-34)43(35-22-8-3-9-23-35)42-30-15-14-29-41(42)40-28-13-12-27-39(40)38-26-11-10-25-37(38)33-19-6-2-7-20-33/h1-31H. The van der Waals surface area contributed by atoms with Crippen LogP contribution in [0.4, 0.5) is 17.1 Å². The van der Waals surface area contributed by atoms with Gasteiger partial charge < -0.3 is 4.90 Å². The third-order valence-corrected chi connectivity index (χ3v) is 7.89. The van der Waals surface area contributed by atoms with Crippen molar-refractivity contribution in [3.05, 3.63) is 188 Å². The van der Waals surface area contributed by atoms with Crippen LogP contribution in [-0.4, -0.2) is 0 Å². The predicted molar refractivity (Wildman–Crippen MR) is 183 cm³/mol. The Bertz CT molecular complexity index is 1960. The third-order valence-electron chi connectivity index (χ3n) is 7.89. The largest absolute Gasteiger partial charge is 0.310 e. The molecule has 204 valence electrons. The fraction of sp³-hybridized carbons (Fsp3) is 0. The zero-order valence-corrected chi connectivity index (χ0v) is 23.8. The van der Waals surface area contributed by atoms with Crippen molar-refractivity contribution < 1.29 is 0 Å². The number of nitrogens with zero attached hydrogens (tertiary/aromatic N) is 1. The molecule has 0 heterocycles. The summed E-state index contributed by atoms with van der Waals surface area (Å²) >= 11 is 0. The molecular weight excluding hydrogens is 518 g/mol. The Morgan fingerprint density at radius 1 is 0.256 bits per heavy atom. The van der Waals surface area contributed by atoms with Crippen LogP contribution in [0.3, 0.4) is 0 Å². The van der Waals surface area contributed by atoms with Gasteiger partial charge in [-0.25, -0.2) is 0 Å². The van der Waals surface area contributed by atoms with Gasteiger partial charge in [0.2, 0.25) is 0 Å². The summed E-state index contributed by atoms with van der Waals surface area (Å²) in [5.74, 6) is 0. The third kappa shape index (κ3) is 5.37. The lowest BCUT2D eigenvalue weighted by molar-refractivity contribution is 1.28. The molecule has 1 nitrogen and oxygen atoms in total. The molecule has 0 spiro atoms. The maximum absolute atomic E-state index is 2.38. The summed E-state index contributed by atoms with van der Waals surface area (Å²) in [5.41, 5.74) is 13.0. The van der Waals surface area contributed by atoms with Gasteiger partial charge in [0.15, 0.2) is 0 Å². The molecule has 0 aliphatic carbocycles. The van der Waals surface area contributed by atoms with E-state index in [1.54, 1.807) is 0 Å². The van der Waals surface area contributed by atoms with Gasteiger partial charge in [0.25, 0.3) is 0 Å². The molecule has 7 aromatic rings. The highest BCUT2D eigenvalue weighted by Gasteiger charge is 2.20. The molecule has 0 saturated heterocycles. The molecule has 0 saturated carbocycles. The van der Waals surface area contributed by atoms with Gasteiger partial charge in [-0.05, 0) is 69.3 Å². The summed E-state index contributed by atoms with van der Waals surface area (Å²) in [5, 5.41) is 0. The monoisotopic (exact) mass is 549 g/mol. The van der Waals surface area contributed by atoms with Crippen molar-refractivity contribution in [2.24, 2.45) is 0 Å².